The standard InChI is InChI=1S/C14H27NO2/c1-12-6-5-7-13(10-12)11-15-9-4-2-3-8-14(16)17/h12-13,15H,2-11H2,1H3,(H,16,17). The van der Waals surface area contributed by atoms with E-state index in [1.807, 2.05) is 0 Å². The Labute approximate surface area is 105 Å². The number of hydrogen-bond donors (Lipinski definition) is 2. The van der Waals surface area contributed by atoms with Crippen molar-refractivity contribution in [2.75, 3.05) is 13.1 Å². The fraction of sp³-hybridized carbons (Fsp3) is 0.929. The minimum absolute atomic E-state index is 0.320. The molecular weight excluding hydrogens is 214 g/mol. The van der Waals surface area contributed by atoms with E-state index in [0.29, 0.717) is 6.42 Å². The Hall–Kier alpha value is -0.570. The van der Waals surface area contributed by atoms with E-state index in [1.165, 1.54) is 25.7 Å². The van der Waals surface area contributed by atoms with Crippen LogP contribution in [0.4, 0.5) is 0 Å². The van der Waals surface area contributed by atoms with Crippen LogP contribution in [0, 0.1) is 11.8 Å². The molecule has 0 aliphatic heterocycles. The molecule has 100 valence electrons. The monoisotopic (exact) mass is 241 g/mol. The Kier molecular flexibility index (Phi) is 7.25. The van der Waals surface area contributed by atoms with Gasteiger partial charge in [0.25, 0.3) is 0 Å². The van der Waals surface area contributed by atoms with E-state index in [-0.39, 0.29) is 0 Å². The van der Waals surface area contributed by atoms with Gasteiger partial charge in [0.05, 0.1) is 0 Å². The molecular formula is C14H27NO2. The maximum atomic E-state index is 10.3. The Morgan fingerprint density at radius 2 is 2.12 bits per heavy atom. The Morgan fingerprint density at radius 3 is 2.82 bits per heavy atom. The Morgan fingerprint density at radius 1 is 1.29 bits per heavy atom. The average molecular weight is 241 g/mol. The second kappa shape index (κ2) is 8.51. The highest BCUT2D eigenvalue weighted by Crippen LogP contribution is 2.27. The third kappa shape index (κ3) is 7.37. The molecule has 0 amide bonds. The van der Waals surface area contributed by atoms with Gasteiger partial charge in [-0.25, -0.2) is 0 Å². The van der Waals surface area contributed by atoms with E-state index < -0.39 is 5.97 Å². The zero-order chi connectivity index (χ0) is 12.5. The van der Waals surface area contributed by atoms with Crippen molar-refractivity contribution >= 4 is 5.97 Å². The number of carboxylic acids is 1. The first-order valence-electron chi connectivity index (χ1n) is 7.11. The molecule has 0 radical (unpaired) electrons. The van der Waals surface area contributed by atoms with Crippen LogP contribution in [-0.4, -0.2) is 24.2 Å². The van der Waals surface area contributed by atoms with E-state index in [1.54, 1.807) is 0 Å². The Bertz CT molecular complexity index is 218. The first kappa shape index (κ1) is 14.5. The molecule has 1 aliphatic rings. The van der Waals surface area contributed by atoms with Gasteiger partial charge in [0.2, 0.25) is 0 Å². The van der Waals surface area contributed by atoms with Gasteiger partial charge in [-0.2, -0.15) is 0 Å². The minimum Gasteiger partial charge on any atom is -0.481 e. The summed E-state index contributed by atoms with van der Waals surface area (Å²) in [5.41, 5.74) is 0. The molecule has 3 heteroatoms. The zero-order valence-electron chi connectivity index (χ0n) is 11.1. The lowest BCUT2D eigenvalue weighted by atomic mass is 9.82. The van der Waals surface area contributed by atoms with Crippen LogP contribution in [-0.2, 0) is 4.79 Å². The summed E-state index contributed by atoms with van der Waals surface area (Å²) in [6.07, 6.45) is 8.84. The lowest BCUT2D eigenvalue weighted by Gasteiger charge is -2.26. The number of aliphatic carboxylic acids is 1. The average Bonchev–Trinajstić information content (AvgIpc) is 2.27. The predicted octanol–water partition coefficient (Wildman–Crippen LogP) is 3.05. The fourth-order valence-electron chi connectivity index (χ4n) is 2.75. The van der Waals surface area contributed by atoms with Crippen molar-refractivity contribution in [1.29, 1.82) is 0 Å². The van der Waals surface area contributed by atoms with Crippen molar-refractivity contribution in [2.45, 2.75) is 58.3 Å². The van der Waals surface area contributed by atoms with E-state index in [2.05, 4.69) is 12.2 Å². The minimum atomic E-state index is -0.672. The van der Waals surface area contributed by atoms with E-state index in [4.69, 9.17) is 5.11 Å². The maximum absolute atomic E-state index is 10.3. The summed E-state index contributed by atoms with van der Waals surface area (Å²) in [7, 11) is 0. The summed E-state index contributed by atoms with van der Waals surface area (Å²) in [6, 6.07) is 0. The zero-order valence-corrected chi connectivity index (χ0v) is 11.1. The normalized spacial score (nSPS) is 24.8. The molecule has 1 aliphatic carbocycles. The molecule has 2 N–H and O–H groups in total. The summed E-state index contributed by atoms with van der Waals surface area (Å²) in [5, 5.41) is 12.0. The van der Waals surface area contributed by atoms with Crippen LogP contribution in [0.5, 0.6) is 0 Å². The molecule has 1 saturated carbocycles. The topological polar surface area (TPSA) is 49.3 Å². The first-order chi connectivity index (χ1) is 8.18. The van der Waals surface area contributed by atoms with Crippen LogP contribution in [0.3, 0.4) is 0 Å². The summed E-state index contributed by atoms with van der Waals surface area (Å²) in [4.78, 5) is 10.3. The Balaban J connectivity index is 1.88. The van der Waals surface area contributed by atoms with Crippen LogP contribution < -0.4 is 5.32 Å². The maximum Gasteiger partial charge on any atom is 0.303 e. The highest BCUT2D eigenvalue weighted by Gasteiger charge is 2.17. The first-order valence-corrected chi connectivity index (χ1v) is 7.11. The van der Waals surface area contributed by atoms with Gasteiger partial charge in [0.1, 0.15) is 0 Å². The largest absolute Gasteiger partial charge is 0.481 e. The van der Waals surface area contributed by atoms with Gasteiger partial charge >= 0.3 is 5.97 Å². The van der Waals surface area contributed by atoms with Crippen LogP contribution in [0.2, 0.25) is 0 Å². The quantitative estimate of drug-likeness (QED) is 0.642. The second-order valence-electron chi connectivity index (χ2n) is 5.55. The van der Waals surface area contributed by atoms with E-state index in [9.17, 15) is 4.79 Å². The van der Waals surface area contributed by atoms with Gasteiger partial charge in [-0.1, -0.05) is 26.2 Å². The van der Waals surface area contributed by atoms with Crippen LogP contribution in [0.25, 0.3) is 0 Å². The molecule has 0 aromatic heterocycles. The number of hydrogen-bond acceptors (Lipinski definition) is 2. The van der Waals surface area contributed by atoms with E-state index >= 15 is 0 Å². The van der Waals surface area contributed by atoms with Crippen molar-refractivity contribution < 1.29 is 9.90 Å². The molecule has 0 heterocycles. The molecule has 0 spiro atoms. The molecule has 0 aromatic carbocycles. The summed E-state index contributed by atoms with van der Waals surface area (Å²) >= 11 is 0. The van der Waals surface area contributed by atoms with Crippen molar-refractivity contribution in [2.24, 2.45) is 11.8 Å². The molecule has 0 aromatic rings. The van der Waals surface area contributed by atoms with Crippen LogP contribution in [0.1, 0.15) is 58.3 Å². The smallest absolute Gasteiger partial charge is 0.303 e. The number of unbranched alkanes of at least 4 members (excludes halogenated alkanes) is 2. The lowest BCUT2D eigenvalue weighted by molar-refractivity contribution is -0.137. The predicted molar refractivity (Wildman–Crippen MR) is 70.1 cm³/mol. The van der Waals surface area contributed by atoms with Gasteiger partial charge in [-0.05, 0) is 50.6 Å². The highest BCUT2D eigenvalue weighted by molar-refractivity contribution is 5.66. The summed E-state index contributed by atoms with van der Waals surface area (Å²) in [5.74, 6) is 1.11. The van der Waals surface area contributed by atoms with Gasteiger partial charge in [0, 0.05) is 6.42 Å². The molecule has 3 nitrogen and oxygen atoms in total. The van der Waals surface area contributed by atoms with Crippen molar-refractivity contribution in [1.82, 2.24) is 5.32 Å². The molecule has 0 saturated heterocycles. The van der Waals surface area contributed by atoms with E-state index in [0.717, 1.165) is 44.2 Å². The SMILES string of the molecule is CC1CCCC(CNCCCCCC(=O)O)C1. The van der Waals surface area contributed by atoms with Gasteiger partial charge in [-0.15, -0.1) is 0 Å². The number of rotatable bonds is 8. The third-order valence-corrected chi connectivity index (χ3v) is 3.72. The summed E-state index contributed by atoms with van der Waals surface area (Å²) < 4.78 is 0. The summed E-state index contributed by atoms with van der Waals surface area (Å²) in [6.45, 7) is 4.56. The molecule has 1 fully saturated rings. The van der Waals surface area contributed by atoms with Gasteiger partial charge in [-0.3, -0.25) is 4.79 Å². The van der Waals surface area contributed by atoms with Gasteiger partial charge < -0.3 is 10.4 Å². The van der Waals surface area contributed by atoms with Crippen molar-refractivity contribution in [3.8, 4) is 0 Å². The number of carboxylic acid groups (broad SMARTS) is 1. The second-order valence-corrected chi connectivity index (χ2v) is 5.55. The van der Waals surface area contributed by atoms with Crippen LogP contribution in [0.15, 0.2) is 0 Å². The van der Waals surface area contributed by atoms with Crippen molar-refractivity contribution in [3.05, 3.63) is 0 Å². The number of carbonyl (C=O) groups is 1. The molecule has 1 rings (SSSR count). The molecule has 2 atom stereocenters. The highest BCUT2D eigenvalue weighted by atomic mass is 16.4. The molecule has 2 unspecified atom stereocenters. The molecule has 17 heavy (non-hydrogen) atoms. The number of nitrogens with one attached hydrogen (secondary N) is 1. The molecule has 0 bridgehead atoms. The lowest BCUT2D eigenvalue weighted by Crippen LogP contribution is -2.27. The van der Waals surface area contributed by atoms with Gasteiger partial charge in [0.15, 0.2) is 0 Å². The van der Waals surface area contributed by atoms with Crippen LogP contribution >= 0.6 is 0 Å². The third-order valence-electron chi connectivity index (χ3n) is 3.72. The van der Waals surface area contributed by atoms with Crippen molar-refractivity contribution in [3.63, 3.8) is 0 Å². The fourth-order valence-corrected chi connectivity index (χ4v) is 2.75.